The third-order valence-electron chi connectivity index (χ3n) is 7.49. The molecule has 1 heteroatoms. The summed E-state index contributed by atoms with van der Waals surface area (Å²) in [6.07, 6.45) is 11.2. The van der Waals surface area contributed by atoms with Gasteiger partial charge in [0.1, 0.15) is 0 Å². The maximum absolute atomic E-state index is 11.9. The molecule has 4 rings (SSSR count). The lowest BCUT2D eigenvalue weighted by Crippen LogP contribution is -2.39. The van der Waals surface area contributed by atoms with Gasteiger partial charge in [0.15, 0.2) is 5.78 Å². The van der Waals surface area contributed by atoms with E-state index >= 15 is 0 Å². The van der Waals surface area contributed by atoms with Gasteiger partial charge in [-0.3, -0.25) is 4.79 Å². The van der Waals surface area contributed by atoms with E-state index < -0.39 is 0 Å². The molecule has 4 aliphatic rings. The average Bonchev–Trinajstić information content (AvgIpc) is 2.77. The third kappa shape index (κ3) is 1.69. The van der Waals surface area contributed by atoms with E-state index in [2.05, 4.69) is 33.8 Å². The number of ketones is 1. The van der Waals surface area contributed by atoms with Gasteiger partial charge in [-0.25, -0.2) is 0 Å². The minimum Gasteiger partial charge on any atom is -0.295 e. The first-order valence-electron chi connectivity index (χ1n) is 9.04. The molecular formula is C21H28O. The first-order valence-corrected chi connectivity index (χ1v) is 9.04. The van der Waals surface area contributed by atoms with Crippen LogP contribution in [0.2, 0.25) is 0 Å². The van der Waals surface area contributed by atoms with Gasteiger partial charge in [0.2, 0.25) is 0 Å². The molecule has 0 saturated carbocycles. The predicted octanol–water partition coefficient (Wildman–Crippen LogP) is 5.38. The van der Waals surface area contributed by atoms with Crippen LogP contribution in [0.4, 0.5) is 0 Å². The fourth-order valence-electron chi connectivity index (χ4n) is 5.69. The number of carbonyl (C=O) groups is 1. The molecule has 0 N–H and O–H groups in total. The molecule has 0 amide bonds. The first kappa shape index (κ1) is 14.5. The lowest BCUT2D eigenvalue weighted by atomic mass is 9.53. The monoisotopic (exact) mass is 296 g/mol. The van der Waals surface area contributed by atoms with Crippen molar-refractivity contribution in [1.29, 1.82) is 0 Å². The zero-order valence-corrected chi connectivity index (χ0v) is 14.5. The highest BCUT2D eigenvalue weighted by Gasteiger charge is 2.50. The first-order chi connectivity index (χ1) is 10.4. The summed E-state index contributed by atoms with van der Waals surface area (Å²) < 4.78 is 0. The Morgan fingerprint density at radius 1 is 1.14 bits per heavy atom. The molecule has 4 atom stereocenters. The highest BCUT2D eigenvalue weighted by atomic mass is 16.1. The largest absolute Gasteiger partial charge is 0.295 e. The Bertz CT molecular complexity index is 647. The molecular weight excluding hydrogens is 268 g/mol. The van der Waals surface area contributed by atoms with Crippen LogP contribution >= 0.6 is 0 Å². The van der Waals surface area contributed by atoms with Gasteiger partial charge in [0.05, 0.1) is 0 Å². The average molecular weight is 296 g/mol. The molecule has 4 aliphatic carbocycles. The highest BCUT2D eigenvalue weighted by molar-refractivity contribution is 5.92. The van der Waals surface area contributed by atoms with Crippen molar-refractivity contribution in [2.45, 2.75) is 66.2 Å². The van der Waals surface area contributed by atoms with Crippen molar-refractivity contribution >= 4 is 5.78 Å². The molecule has 0 bridgehead atoms. The van der Waals surface area contributed by atoms with Crippen LogP contribution in [0.5, 0.6) is 0 Å². The maximum Gasteiger partial charge on any atom is 0.155 e. The summed E-state index contributed by atoms with van der Waals surface area (Å²) in [5, 5.41) is 0. The number of fused-ring (bicyclic) bond motifs is 4. The summed E-state index contributed by atoms with van der Waals surface area (Å²) in [5.41, 5.74) is 7.03. The van der Waals surface area contributed by atoms with Crippen molar-refractivity contribution < 1.29 is 4.79 Å². The van der Waals surface area contributed by atoms with Gasteiger partial charge in [-0.15, -0.1) is 0 Å². The Morgan fingerprint density at radius 2 is 1.91 bits per heavy atom. The number of hydrogen-bond donors (Lipinski definition) is 0. The summed E-state index contributed by atoms with van der Waals surface area (Å²) in [4.78, 5) is 11.9. The molecule has 0 heterocycles. The van der Waals surface area contributed by atoms with Crippen LogP contribution in [0.1, 0.15) is 66.2 Å². The van der Waals surface area contributed by atoms with Crippen LogP contribution in [0.15, 0.2) is 34.4 Å². The smallest absolute Gasteiger partial charge is 0.155 e. The van der Waals surface area contributed by atoms with Crippen molar-refractivity contribution in [1.82, 2.24) is 0 Å². The predicted molar refractivity (Wildman–Crippen MR) is 90.4 cm³/mol. The second kappa shape index (κ2) is 4.46. The fourth-order valence-corrected chi connectivity index (χ4v) is 5.69. The quantitative estimate of drug-likeness (QED) is 0.586. The van der Waals surface area contributed by atoms with E-state index in [9.17, 15) is 4.79 Å². The minimum absolute atomic E-state index is 0.170. The molecule has 0 aromatic carbocycles. The highest BCUT2D eigenvalue weighted by Crippen LogP contribution is 2.63. The fraction of sp³-hybridized carbons (Fsp3) is 0.667. The van der Waals surface area contributed by atoms with Crippen LogP contribution in [0, 0.1) is 22.7 Å². The molecule has 0 aromatic rings. The Hall–Kier alpha value is -1.11. The summed E-state index contributed by atoms with van der Waals surface area (Å²) in [6.45, 7) is 9.71. The van der Waals surface area contributed by atoms with Gasteiger partial charge in [0.25, 0.3) is 0 Å². The van der Waals surface area contributed by atoms with Gasteiger partial charge in [0, 0.05) is 11.8 Å². The van der Waals surface area contributed by atoms with Gasteiger partial charge in [-0.1, -0.05) is 44.9 Å². The molecule has 0 aliphatic heterocycles. The maximum atomic E-state index is 11.9. The zero-order valence-electron chi connectivity index (χ0n) is 14.5. The van der Waals surface area contributed by atoms with Crippen LogP contribution in [0.25, 0.3) is 0 Å². The number of allylic oxidation sites excluding steroid dienone is 6. The lowest BCUT2D eigenvalue weighted by Gasteiger charge is -2.51. The van der Waals surface area contributed by atoms with E-state index in [1.165, 1.54) is 24.8 Å². The van der Waals surface area contributed by atoms with Crippen LogP contribution < -0.4 is 0 Å². The Balaban J connectivity index is 1.89. The molecule has 0 spiro atoms. The summed E-state index contributed by atoms with van der Waals surface area (Å²) in [6, 6.07) is 0. The van der Waals surface area contributed by atoms with Crippen LogP contribution in [0.3, 0.4) is 0 Å². The SMILES string of the molecule is CC1CC2=CC(=O)CCC2(C)C2=C1C1=CCC(C)C1(C)CC2. The summed E-state index contributed by atoms with van der Waals surface area (Å²) in [5.74, 6) is 1.70. The minimum atomic E-state index is 0.170. The molecule has 22 heavy (non-hydrogen) atoms. The molecule has 0 saturated heterocycles. The van der Waals surface area contributed by atoms with Crippen molar-refractivity contribution in [2.24, 2.45) is 22.7 Å². The van der Waals surface area contributed by atoms with Crippen molar-refractivity contribution in [2.75, 3.05) is 0 Å². The second-order valence-electron chi connectivity index (χ2n) is 8.64. The Kier molecular flexibility index (Phi) is 2.94. The molecule has 1 nitrogen and oxygen atoms in total. The standard InChI is InChI=1S/C21H28O/c1-13-11-15-12-16(22)7-9-21(15,4)18-8-10-20(3)14(2)5-6-17(20)19(13)18/h6,12-14H,5,7-11H2,1-4H3. The van der Waals surface area contributed by atoms with E-state index in [1.54, 1.807) is 16.7 Å². The topological polar surface area (TPSA) is 17.1 Å². The van der Waals surface area contributed by atoms with E-state index in [1.807, 2.05) is 6.08 Å². The van der Waals surface area contributed by atoms with Crippen LogP contribution in [-0.2, 0) is 4.79 Å². The van der Waals surface area contributed by atoms with Crippen molar-refractivity contribution in [3.05, 3.63) is 34.4 Å². The number of rotatable bonds is 0. The number of carbonyl (C=O) groups excluding carboxylic acids is 1. The zero-order chi connectivity index (χ0) is 15.7. The van der Waals surface area contributed by atoms with Gasteiger partial charge >= 0.3 is 0 Å². The summed E-state index contributed by atoms with van der Waals surface area (Å²) >= 11 is 0. The summed E-state index contributed by atoms with van der Waals surface area (Å²) in [7, 11) is 0. The van der Waals surface area contributed by atoms with E-state index in [-0.39, 0.29) is 5.41 Å². The Labute approximate surface area is 134 Å². The van der Waals surface area contributed by atoms with Crippen molar-refractivity contribution in [3.8, 4) is 0 Å². The van der Waals surface area contributed by atoms with Gasteiger partial charge < -0.3 is 0 Å². The third-order valence-corrected chi connectivity index (χ3v) is 7.49. The van der Waals surface area contributed by atoms with Crippen LogP contribution in [-0.4, -0.2) is 5.78 Å². The molecule has 4 unspecified atom stereocenters. The lowest BCUT2D eigenvalue weighted by molar-refractivity contribution is -0.115. The second-order valence-corrected chi connectivity index (χ2v) is 8.64. The van der Waals surface area contributed by atoms with E-state index in [0.29, 0.717) is 17.1 Å². The Morgan fingerprint density at radius 3 is 2.68 bits per heavy atom. The van der Waals surface area contributed by atoms with E-state index in [0.717, 1.165) is 25.2 Å². The molecule has 0 radical (unpaired) electrons. The van der Waals surface area contributed by atoms with E-state index in [4.69, 9.17) is 0 Å². The van der Waals surface area contributed by atoms with Gasteiger partial charge in [-0.2, -0.15) is 0 Å². The molecule has 0 fully saturated rings. The number of hydrogen-bond acceptors (Lipinski definition) is 1. The molecule has 118 valence electrons. The molecule has 0 aromatic heterocycles. The normalized spacial score (nSPS) is 44.1. The van der Waals surface area contributed by atoms with Gasteiger partial charge in [-0.05, 0) is 66.6 Å². The van der Waals surface area contributed by atoms with Crippen molar-refractivity contribution in [3.63, 3.8) is 0 Å².